The molecule has 1 heterocycles. The number of methoxy groups -OCH3 is 1. The van der Waals surface area contributed by atoms with Crippen LogP contribution in [0, 0.1) is 0 Å². The van der Waals surface area contributed by atoms with Gasteiger partial charge in [0.2, 0.25) is 0 Å². The third-order valence-corrected chi connectivity index (χ3v) is 2.90. The van der Waals surface area contributed by atoms with E-state index in [-0.39, 0.29) is 12.5 Å². The molecule has 0 unspecified atom stereocenters. The Morgan fingerprint density at radius 1 is 1.53 bits per heavy atom. The summed E-state index contributed by atoms with van der Waals surface area (Å²) >= 11 is 1.52. The number of para-hydroxylation sites is 1. The normalized spacial score (nSPS) is 10.2. The summed E-state index contributed by atoms with van der Waals surface area (Å²) in [5.41, 5.74) is 0.940. The third kappa shape index (κ3) is 2.24. The summed E-state index contributed by atoms with van der Waals surface area (Å²) < 4.78 is 5.62. The summed E-state index contributed by atoms with van der Waals surface area (Å²) in [6.45, 7) is 0.149. The smallest absolute Gasteiger partial charge is 0.325 e. The number of ether oxygens (including phenoxy) is 1. The predicted molar refractivity (Wildman–Crippen MR) is 60.1 cm³/mol. The molecular formula is C10H10N2O2S. The fourth-order valence-electron chi connectivity index (χ4n) is 1.17. The minimum atomic E-state index is -0.297. The highest BCUT2D eigenvalue weighted by Crippen LogP contribution is 2.24. The van der Waals surface area contributed by atoms with Gasteiger partial charge in [0.1, 0.15) is 6.54 Å². The van der Waals surface area contributed by atoms with E-state index < -0.39 is 0 Å². The molecule has 0 aliphatic heterocycles. The van der Waals surface area contributed by atoms with Gasteiger partial charge < -0.3 is 10.1 Å². The van der Waals surface area contributed by atoms with Crippen LogP contribution in [0.5, 0.6) is 0 Å². The number of hydrogen-bond acceptors (Lipinski definition) is 5. The first-order valence-corrected chi connectivity index (χ1v) is 5.27. The highest BCUT2D eigenvalue weighted by molar-refractivity contribution is 7.22. The van der Waals surface area contributed by atoms with E-state index in [0.29, 0.717) is 0 Å². The number of nitrogens with zero attached hydrogens (tertiary/aromatic N) is 1. The van der Waals surface area contributed by atoms with Crippen molar-refractivity contribution in [2.45, 2.75) is 0 Å². The van der Waals surface area contributed by atoms with Crippen LogP contribution in [-0.2, 0) is 9.53 Å². The van der Waals surface area contributed by atoms with Crippen LogP contribution < -0.4 is 5.32 Å². The van der Waals surface area contributed by atoms with Crippen molar-refractivity contribution in [2.75, 3.05) is 19.0 Å². The monoisotopic (exact) mass is 222 g/mol. The first kappa shape index (κ1) is 9.92. The molecule has 15 heavy (non-hydrogen) atoms. The lowest BCUT2D eigenvalue weighted by Crippen LogP contribution is -2.14. The summed E-state index contributed by atoms with van der Waals surface area (Å²) in [4.78, 5) is 15.2. The maximum absolute atomic E-state index is 10.9. The second kappa shape index (κ2) is 4.27. The van der Waals surface area contributed by atoms with Gasteiger partial charge in [-0.3, -0.25) is 4.79 Å². The SMILES string of the molecule is COC(=O)CNc1nc2ccccc2s1. The number of anilines is 1. The van der Waals surface area contributed by atoms with Crippen molar-refractivity contribution in [3.8, 4) is 0 Å². The Balaban J connectivity index is 2.12. The van der Waals surface area contributed by atoms with E-state index in [1.165, 1.54) is 18.4 Å². The van der Waals surface area contributed by atoms with E-state index in [1.54, 1.807) is 0 Å². The van der Waals surface area contributed by atoms with E-state index in [0.717, 1.165) is 15.3 Å². The number of hydrogen-bond donors (Lipinski definition) is 1. The van der Waals surface area contributed by atoms with Gasteiger partial charge >= 0.3 is 5.97 Å². The van der Waals surface area contributed by atoms with Crippen molar-refractivity contribution in [3.63, 3.8) is 0 Å². The Hall–Kier alpha value is -1.62. The lowest BCUT2D eigenvalue weighted by Gasteiger charge is -1.98. The van der Waals surface area contributed by atoms with E-state index in [1.807, 2.05) is 24.3 Å². The molecule has 0 saturated carbocycles. The highest BCUT2D eigenvalue weighted by atomic mass is 32.1. The fourth-order valence-corrected chi connectivity index (χ4v) is 2.03. The van der Waals surface area contributed by atoms with Gasteiger partial charge in [0.05, 0.1) is 17.3 Å². The zero-order chi connectivity index (χ0) is 10.7. The van der Waals surface area contributed by atoms with Gasteiger partial charge in [0, 0.05) is 0 Å². The molecule has 5 heteroatoms. The van der Waals surface area contributed by atoms with Crippen LogP contribution in [0.1, 0.15) is 0 Å². The van der Waals surface area contributed by atoms with Crippen molar-refractivity contribution in [3.05, 3.63) is 24.3 Å². The van der Waals surface area contributed by atoms with Gasteiger partial charge in [-0.2, -0.15) is 0 Å². The Labute approximate surface area is 90.9 Å². The topological polar surface area (TPSA) is 51.2 Å². The number of nitrogens with one attached hydrogen (secondary N) is 1. The molecule has 0 radical (unpaired) electrons. The average molecular weight is 222 g/mol. The standard InChI is InChI=1S/C10H10N2O2S/c1-14-9(13)6-11-10-12-7-4-2-3-5-8(7)15-10/h2-5H,6H2,1H3,(H,11,12). The summed E-state index contributed by atoms with van der Waals surface area (Å²) in [7, 11) is 1.36. The second-order valence-corrected chi connectivity index (χ2v) is 3.95. The Kier molecular flexibility index (Phi) is 2.82. The van der Waals surface area contributed by atoms with Crippen LogP contribution >= 0.6 is 11.3 Å². The minimum absolute atomic E-state index is 0.149. The summed E-state index contributed by atoms with van der Waals surface area (Å²) in [5.74, 6) is -0.297. The molecule has 0 aliphatic rings. The molecule has 78 valence electrons. The van der Waals surface area contributed by atoms with Crippen molar-refractivity contribution < 1.29 is 9.53 Å². The van der Waals surface area contributed by atoms with E-state index in [9.17, 15) is 4.79 Å². The number of aromatic nitrogens is 1. The van der Waals surface area contributed by atoms with Crippen molar-refractivity contribution in [1.82, 2.24) is 4.98 Å². The van der Waals surface area contributed by atoms with Crippen LogP contribution in [-0.4, -0.2) is 24.6 Å². The summed E-state index contributed by atoms with van der Waals surface area (Å²) in [6.07, 6.45) is 0. The molecule has 0 amide bonds. The van der Waals surface area contributed by atoms with E-state index in [2.05, 4.69) is 15.0 Å². The molecule has 0 spiro atoms. The molecule has 2 rings (SSSR count). The van der Waals surface area contributed by atoms with Gasteiger partial charge in [-0.1, -0.05) is 23.5 Å². The van der Waals surface area contributed by atoms with Crippen LogP contribution in [0.15, 0.2) is 24.3 Å². The number of thiazole rings is 1. The van der Waals surface area contributed by atoms with Crippen molar-refractivity contribution >= 4 is 32.7 Å². The third-order valence-electron chi connectivity index (χ3n) is 1.91. The lowest BCUT2D eigenvalue weighted by molar-refractivity contribution is -0.138. The lowest BCUT2D eigenvalue weighted by atomic mass is 10.3. The van der Waals surface area contributed by atoms with Gasteiger partial charge in [0.25, 0.3) is 0 Å². The predicted octanol–water partition coefficient (Wildman–Crippen LogP) is 1.88. The fraction of sp³-hybridized carbons (Fsp3) is 0.200. The first-order valence-electron chi connectivity index (χ1n) is 4.46. The van der Waals surface area contributed by atoms with Crippen LogP contribution in [0.2, 0.25) is 0 Å². The molecule has 2 aromatic rings. The first-order chi connectivity index (χ1) is 7.29. The number of rotatable bonds is 3. The molecule has 0 aliphatic carbocycles. The summed E-state index contributed by atoms with van der Waals surface area (Å²) in [5, 5.41) is 3.66. The molecule has 0 saturated heterocycles. The molecule has 0 bridgehead atoms. The van der Waals surface area contributed by atoms with Crippen LogP contribution in [0.4, 0.5) is 5.13 Å². The molecular weight excluding hydrogens is 212 g/mol. The van der Waals surface area contributed by atoms with Gasteiger partial charge in [0.15, 0.2) is 5.13 Å². The van der Waals surface area contributed by atoms with Gasteiger partial charge in [-0.05, 0) is 12.1 Å². The Morgan fingerprint density at radius 3 is 3.07 bits per heavy atom. The van der Waals surface area contributed by atoms with Crippen LogP contribution in [0.25, 0.3) is 10.2 Å². The molecule has 0 fully saturated rings. The Bertz CT molecular complexity index is 448. The quantitative estimate of drug-likeness (QED) is 0.806. The van der Waals surface area contributed by atoms with E-state index >= 15 is 0 Å². The van der Waals surface area contributed by atoms with E-state index in [4.69, 9.17) is 0 Å². The number of carbonyl (C=O) groups is 1. The molecule has 4 nitrogen and oxygen atoms in total. The number of esters is 1. The summed E-state index contributed by atoms with van der Waals surface area (Å²) in [6, 6.07) is 7.84. The molecule has 1 aromatic heterocycles. The second-order valence-electron chi connectivity index (χ2n) is 2.92. The zero-order valence-corrected chi connectivity index (χ0v) is 9.00. The molecule has 1 aromatic carbocycles. The number of carbonyl (C=O) groups excluding carboxylic acids is 1. The zero-order valence-electron chi connectivity index (χ0n) is 8.19. The van der Waals surface area contributed by atoms with Crippen LogP contribution in [0.3, 0.4) is 0 Å². The van der Waals surface area contributed by atoms with Gasteiger partial charge in [-0.25, -0.2) is 4.98 Å². The maximum Gasteiger partial charge on any atom is 0.325 e. The largest absolute Gasteiger partial charge is 0.468 e. The molecule has 1 N–H and O–H groups in total. The van der Waals surface area contributed by atoms with Crippen molar-refractivity contribution in [2.24, 2.45) is 0 Å². The number of benzene rings is 1. The minimum Gasteiger partial charge on any atom is -0.468 e. The average Bonchev–Trinajstić information content (AvgIpc) is 2.68. The number of fused-ring (bicyclic) bond motifs is 1. The molecule has 0 atom stereocenters. The Morgan fingerprint density at radius 2 is 2.33 bits per heavy atom. The van der Waals surface area contributed by atoms with Gasteiger partial charge in [-0.15, -0.1) is 0 Å². The van der Waals surface area contributed by atoms with Crippen molar-refractivity contribution in [1.29, 1.82) is 0 Å². The maximum atomic E-state index is 10.9. The highest BCUT2D eigenvalue weighted by Gasteiger charge is 2.04.